The molecule has 0 aliphatic heterocycles. The topological polar surface area (TPSA) is 82.2 Å². The number of hydrogen-bond acceptors (Lipinski definition) is 5. The van der Waals surface area contributed by atoms with Crippen molar-refractivity contribution in [2.24, 2.45) is 0 Å². The molecule has 0 aliphatic rings. The molecule has 0 bridgehead atoms. The zero-order valence-electron chi connectivity index (χ0n) is 13.1. The number of carbonyl (C=O) groups is 1. The van der Waals surface area contributed by atoms with Crippen LogP contribution < -0.4 is 10.1 Å². The van der Waals surface area contributed by atoms with Crippen molar-refractivity contribution in [1.29, 1.82) is 0 Å². The number of carbonyl (C=O) groups excluding carboxylic acids is 1. The molecule has 24 heavy (non-hydrogen) atoms. The molecule has 3 aromatic rings. The lowest BCUT2D eigenvalue weighted by molar-refractivity contribution is -0.122. The normalized spacial score (nSPS) is 12.0. The van der Waals surface area contributed by atoms with Crippen LogP contribution in [0.1, 0.15) is 12.7 Å². The average molecular weight is 391 g/mol. The van der Waals surface area contributed by atoms with Gasteiger partial charge in [0.2, 0.25) is 5.88 Å². The highest BCUT2D eigenvalue weighted by atomic mass is 79.9. The number of para-hydroxylation sites is 1. The van der Waals surface area contributed by atoms with E-state index in [4.69, 9.17) is 9.26 Å². The van der Waals surface area contributed by atoms with Crippen LogP contribution in [0, 0.1) is 6.92 Å². The molecule has 2 heterocycles. The van der Waals surface area contributed by atoms with Crippen LogP contribution >= 0.6 is 15.9 Å². The van der Waals surface area contributed by atoms with Gasteiger partial charge in [0.15, 0.2) is 11.9 Å². The van der Waals surface area contributed by atoms with E-state index in [1.54, 1.807) is 30.8 Å². The maximum atomic E-state index is 12.1. The predicted octanol–water partition coefficient (Wildman–Crippen LogP) is 3.34. The fraction of sp³-hybridized carbons (Fsp3) is 0.188. The Labute approximate surface area is 146 Å². The second-order valence-electron chi connectivity index (χ2n) is 5.13. The maximum Gasteiger partial charge on any atom is 0.266 e. The summed E-state index contributed by atoms with van der Waals surface area (Å²) >= 11 is 3.39. The Balaban J connectivity index is 1.69. The molecule has 0 saturated carbocycles. The van der Waals surface area contributed by atoms with E-state index in [1.165, 1.54) is 0 Å². The van der Waals surface area contributed by atoms with E-state index >= 15 is 0 Å². The van der Waals surface area contributed by atoms with Gasteiger partial charge in [0, 0.05) is 12.3 Å². The molecular weight excluding hydrogens is 376 g/mol. The Morgan fingerprint density at radius 3 is 2.79 bits per heavy atom. The molecule has 1 amide bonds. The molecule has 1 aromatic carbocycles. The first kappa shape index (κ1) is 16.3. The lowest BCUT2D eigenvalue weighted by Crippen LogP contribution is -2.30. The van der Waals surface area contributed by atoms with Gasteiger partial charge in [-0.2, -0.15) is 0 Å². The molecule has 0 radical (unpaired) electrons. The van der Waals surface area contributed by atoms with Crippen molar-refractivity contribution in [1.82, 2.24) is 14.9 Å². The van der Waals surface area contributed by atoms with Crippen LogP contribution in [0.15, 0.2) is 51.6 Å². The van der Waals surface area contributed by atoms with Crippen LogP contribution in [0.2, 0.25) is 0 Å². The van der Waals surface area contributed by atoms with Crippen molar-refractivity contribution in [2.45, 2.75) is 20.0 Å². The van der Waals surface area contributed by atoms with E-state index in [0.717, 1.165) is 5.69 Å². The highest BCUT2D eigenvalue weighted by molar-refractivity contribution is 9.10. The Hall–Kier alpha value is -2.61. The van der Waals surface area contributed by atoms with Crippen molar-refractivity contribution in [3.63, 3.8) is 0 Å². The lowest BCUT2D eigenvalue weighted by atomic mass is 10.3. The summed E-state index contributed by atoms with van der Waals surface area (Å²) in [6.07, 6.45) is 1.02. The van der Waals surface area contributed by atoms with Crippen molar-refractivity contribution in [3.05, 3.63) is 52.8 Å². The maximum absolute atomic E-state index is 12.1. The molecule has 7 nitrogen and oxygen atoms in total. The van der Waals surface area contributed by atoms with Crippen molar-refractivity contribution >= 4 is 27.7 Å². The van der Waals surface area contributed by atoms with Crippen LogP contribution in [0.5, 0.6) is 5.88 Å². The largest absolute Gasteiger partial charge is 0.463 e. The minimum Gasteiger partial charge on any atom is -0.463 e. The van der Waals surface area contributed by atoms with Crippen molar-refractivity contribution < 1.29 is 14.1 Å². The molecule has 0 spiro atoms. The second kappa shape index (κ2) is 6.88. The number of ether oxygens (including phenoxy) is 1. The molecule has 1 atom stereocenters. The second-order valence-corrected chi connectivity index (χ2v) is 5.99. The Morgan fingerprint density at radius 1 is 1.38 bits per heavy atom. The molecule has 0 fully saturated rings. The minimum atomic E-state index is -0.752. The van der Waals surface area contributed by atoms with Gasteiger partial charge in [-0.1, -0.05) is 23.4 Å². The van der Waals surface area contributed by atoms with Gasteiger partial charge in [-0.05, 0) is 41.9 Å². The van der Waals surface area contributed by atoms with Gasteiger partial charge in [-0.25, -0.2) is 4.68 Å². The summed E-state index contributed by atoms with van der Waals surface area (Å²) in [5, 5.41) is 10.7. The molecule has 8 heteroatoms. The predicted molar refractivity (Wildman–Crippen MR) is 91.2 cm³/mol. The molecule has 2 aromatic heterocycles. The van der Waals surface area contributed by atoms with Gasteiger partial charge >= 0.3 is 0 Å². The van der Waals surface area contributed by atoms with Crippen molar-refractivity contribution in [3.8, 4) is 11.6 Å². The SMILES string of the molecule is Cc1cc(NC(=O)C(C)Oc2nn(-c3ccccc3)cc2Br)no1. The van der Waals surface area contributed by atoms with Crippen molar-refractivity contribution in [2.75, 3.05) is 5.32 Å². The molecule has 1 unspecified atom stereocenters. The van der Waals surface area contributed by atoms with Gasteiger partial charge in [0.05, 0.1) is 10.2 Å². The fourth-order valence-corrected chi connectivity index (χ4v) is 2.37. The fourth-order valence-electron chi connectivity index (χ4n) is 2.00. The monoisotopic (exact) mass is 390 g/mol. The third-order valence-electron chi connectivity index (χ3n) is 3.20. The summed E-state index contributed by atoms with van der Waals surface area (Å²) in [6.45, 7) is 3.38. The highest BCUT2D eigenvalue weighted by Gasteiger charge is 2.19. The van der Waals surface area contributed by atoms with Gasteiger partial charge in [-0.3, -0.25) is 4.79 Å². The number of aryl methyl sites for hydroxylation is 1. The van der Waals surface area contributed by atoms with Gasteiger partial charge in [0.1, 0.15) is 5.76 Å². The molecule has 3 rings (SSSR count). The molecule has 0 saturated heterocycles. The summed E-state index contributed by atoms with van der Waals surface area (Å²) in [5.41, 5.74) is 0.892. The number of amides is 1. The third kappa shape index (κ3) is 3.65. The smallest absolute Gasteiger partial charge is 0.266 e. The first-order chi connectivity index (χ1) is 11.5. The Bertz CT molecular complexity index is 844. The van der Waals surface area contributed by atoms with Gasteiger partial charge in [-0.15, -0.1) is 5.10 Å². The van der Waals surface area contributed by atoms with Crippen LogP contribution in [-0.4, -0.2) is 26.9 Å². The number of benzene rings is 1. The molecule has 124 valence electrons. The third-order valence-corrected chi connectivity index (χ3v) is 3.74. The summed E-state index contributed by atoms with van der Waals surface area (Å²) in [6, 6.07) is 11.2. The number of halogens is 1. The summed E-state index contributed by atoms with van der Waals surface area (Å²) < 4.78 is 12.9. The number of nitrogens with one attached hydrogen (secondary N) is 1. The summed E-state index contributed by atoms with van der Waals surface area (Å²) in [7, 11) is 0. The number of rotatable bonds is 5. The molecule has 1 N–H and O–H groups in total. The lowest BCUT2D eigenvalue weighted by Gasteiger charge is -2.11. The van der Waals surface area contributed by atoms with Crippen LogP contribution in [0.25, 0.3) is 5.69 Å². The Morgan fingerprint density at radius 2 is 2.12 bits per heavy atom. The van der Waals surface area contributed by atoms with Crippen LogP contribution in [0.4, 0.5) is 5.82 Å². The minimum absolute atomic E-state index is 0.331. The Kier molecular flexibility index (Phi) is 4.66. The van der Waals surface area contributed by atoms with Crippen LogP contribution in [-0.2, 0) is 4.79 Å². The van der Waals surface area contributed by atoms with Gasteiger partial charge < -0.3 is 14.6 Å². The number of hydrogen-bond donors (Lipinski definition) is 1. The first-order valence-electron chi connectivity index (χ1n) is 7.24. The van der Waals surface area contributed by atoms with E-state index in [2.05, 4.69) is 31.5 Å². The molecular formula is C16H15BrN4O3. The number of nitrogens with zero attached hydrogens (tertiary/aromatic N) is 3. The van der Waals surface area contributed by atoms with Gasteiger partial charge in [0.25, 0.3) is 5.91 Å². The van der Waals surface area contributed by atoms with E-state index < -0.39 is 6.10 Å². The quantitative estimate of drug-likeness (QED) is 0.722. The molecule has 0 aliphatic carbocycles. The zero-order valence-corrected chi connectivity index (χ0v) is 14.6. The van der Waals surface area contributed by atoms with Crippen LogP contribution in [0.3, 0.4) is 0 Å². The van der Waals surface area contributed by atoms with E-state index in [9.17, 15) is 4.79 Å². The summed E-state index contributed by atoms with van der Waals surface area (Å²) in [5.74, 6) is 0.951. The highest BCUT2D eigenvalue weighted by Crippen LogP contribution is 2.25. The average Bonchev–Trinajstić information content (AvgIpc) is 3.14. The van der Waals surface area contributed by atoms with E-state index in [1.807, 2.05) is 30.3 Å². The standard InChI is InChI=1S/C16H15BrN4O3/c1-10-8-14(20-24-10)18-15(22)11(2)23-16-13(17)9-21(19-16)12-6-4-3-5-7-12/h3-9,11H,1-2H3,(H,18,20,22). The van der Waals surface area contributed by atoms with E-state index in [0.29, 0.717) is 21.9 Å². The summed E-state index contributed by atoms with van der Waals surface area (Å²) in [4.78, 5) is 12.1. The van der Waals surface area contributed by atoms with E-state index in [-0.39, 0.29) is 5.91 Å². The zero-order chi connectivity index (χ0) is 17.1. The number of anilines is 1. The first-order valence-corrected chi connectivity index (χ1v) is 8.03. The number of aromatic nitrogens is 3.